The summed E-state index contributed by atoms with van der Waals surface area (Å²) in [5.41, 5.74) is -0.00540. The van der Waals surface area contributed by atoms with Crippen molar-refractivity contribution in [1.82, 2.24) is 0 Å². The third-order valence-corrected chi connectivity index (χ3v) is 4.27. The molecule has 1 aliphatic heterocycles. The van der Waals surface area contributed by atoms with Crippen LogP contribution in [-0.4, -0.2) is 20.8 Å². The molecule has 1 aromatic rings. The molecule has 0 aliphatic carbocycles. The lowest BCUT2D eigenvalue weighted by Gasteiger charge is -2.27. The first-order valence-electron chi connectivity index (χ1n) is 5.24. The topological polar surface area (TPSA) is 43.4 Å². The van der Waals surface area contributed by atoms with Gasteiger partial charge in [-0.1, -0.05) is 23.7 Å². The molecule has 1 aromatic carbocycles. The van der Waals surface area contributed by atoms with E-state index in [4.69, 9.17) is 27.0 Å². The van der Waals surface area contributed by atoms with Crippen molar-refractivity contribution in [3.05, 3.63) is 34.9 Å². The Morgan fingerprint density at radius 1 is 1.29 bits per heavy atom. The Labute approximate surface area is 110 Å². The van der Waals surface area contributed by atoms with Gasteiger partial charge in [0.2, 0.25) is 9.05 Å². The molecule has 0 bridgehead atoms. The molecule has 6 heteroatoms. The fourth-order valence-corrected chi connectivity index (χ4v) is 3.76. The van der Waals surface area contributed by atoms with E-state index in [-0.39, 0.29) is 5.75 Å². The van der Waals surface area contributed by atoms with Crippen LogP contribution in [0.25, 0.3) is 0 Å². The van der Waals surface area contributed by atoms with E-state index in [0.717, 1.165) is 12.0 Å². The molecule has 1 heterocycles. The van der Waals surface area contributed by atoms with Crippen molar-refractivity contribution in [2.45, 2.75) is 18.4 Å². The summed E-state index contributed by atoms with van der Waals surface area (Å²) in [5, 5.41) is 0.607. The summed E-state index contributed by atoms with van der Waals surface area (Å²) >= 11 is 5.81. The van der Waals surface area contributed by atoms with Gasteiger partial charge in [0, 0.05) is 22.3 Å². The molecule has 0 aromatic heterocycles. The van der Waals surface area contributed by atoms with Crippen molar-refractivity contribution in [2.24, 2.45) is 0 Å². The quantitative estimate of drug-likeness (QED) is 0.805. The van der Waals surface area contributed by atoms with E-state index in [1.165, 1.54) is 0 Å². The van der Waals surface area contributed by atoms with Crippen molar-refractivity contribution in [1.29, 1.82) is 0 Å². The van der Waals surface area contributed by atoms with Crippen molar-refractivity contribution in [3.8, 4) is 0 Å². The Hall–Kier alpha value is -0.290. The highest BCUT2D eigenvalue weighted by molar-refractivity contribution is 8.13. The molecule has 94 valence electrons. The molecule has 1 unspecified atom stereocenters. The van der Waals surface area contributed by atoms with Crippen molar-refractivity contribution in [2.75, 3.05) is 12.4 Å². The van der Waals surface area contributed by atoms with Crippen LogP contribution in [-0.2, 0) is 19.4 Å². The molecule has 1 fully saturated rings. The molecule has 2 rings (SSSR count). The number of ether oxygens (including phenoxy) is 1. The third-order valence-electron chi connectivity index (χ3n) is 2.88. The van der Waals surface area contributed by atoms with E-state index in [9.17, 15) is 8.42 Å². The summed E-state index contributed by atoms with van der Waals surface area (Å²) in [4.78, 5) is 0. The molecule has 1 aliphatic rings. The Kier molecular flexibility index (Phi) is 3.69. The van der Waals surface area contributed by atoms with Gasteiger partial charge in [-0.15, -0.1) is 0 Å². The standard InChI is InChI=1S/C11H12Cl2O3S/c12-10-4-2-9(3-5-10)11(6-1-7-16-11)8-17(13,14)15/h2-5H,1,6-8H2. The minimum atomic E-state index is -3.61. The monoisotopic (exact) mass is 294 g/mol. The second-order valence-corrected chi connectivity index (χ2v) is 7.35. The summed E-state index contributed by atoms with van der Waals surface area (Å²) < 4.78 is 28.2. The van der Waals surface area contributed by atoms with Gasteiger partial charge in [0.05, 0.1) is 5.75 Å². The van der Waals surface area contributed by atoms with Crippen LogP contribution in [0.2, 0.25) is 5.02 Å². The van der Waals surface area contributed by atoms with Gasteiger partial charge in [-0.2, -0.15) is 0 Å². The molecular formula is C11H12Cl2O3S. The molecule has 1 saturated heterocycles. The van der Waals surface area contributed by atoms with Crippen molar-refractivity contribution in [3.63, 3.8) is 0 Å². The van der Waals surface area contributed by atoms with E-state index >= 15 is 0 Å². The number of benzene rings is 1. The van der Waals surface area contributed by atoms with Gasteiger partial charge in [0.1, 0.15) is 5.60 Å². The van der Waals surface area contributed by atoms with Gasteiger partial charge in [0.25, 0.3) is 0 Å². The number of hydrogen-bond donors (Lipinski definition) is 0. The van der Waals surface area contributed by atoms with E-state index in [0.29, 0.717) is 18.1 Å². The zero-order valence-corrected chi connectivity index (χ0v) is 11.4. The van der Waals surface area contributed by atoms with Crippen molar-refractivity contribution >= 4 is 31.3 Å². The highest BCUT2D eigenvalue weighted by atomic mass is 35.7. The number of hydrogen-bond acceptors (Lipinski definition) is 3. The molecule has 0 spiro atoms. The first-order chi connectivity index (χ1) is 7.91. The molecular weight excluding hydrogens is 283 g/mol. The molecule has 0 N–H and O–H groups in total. The van der Waals surface area contributed by atoms with Crippen LogP contribution in [0.15, 0.2) is 24.3 Å². The zero-order chi connectivity index (χ0) is 12.5. The Bertz CT molecular complexity index is 490. The Morgan fingerprint density at radius 2 is 1.94 bits per heavy atom. The lowest BCUT2D eigenvalue weighted by atomic mass is 9.93. The van der Waals surface area contributed by atoms with Gasteiger partial charge in [0.15, 0.2) is 0 Å². The maximum absolute atomic E-state index is 11.3. The number of rotatable bonds is 3. The molecule has 0 saturated carbocycles. The second-order valence-electron chi connectivity index (χ2n) is 4.14. The van der Waals surface area contributed by atoms with Crippen molar-refractivity contribution < 1.29 is 13.2 Å². The highest BCUT2D eigenvalue weighted by Gasteiger charge is 2.40. The molecule has 1 atom stereocenters. The smallest absolute Gasteiger partial charge is 0.235 e. The largest absolute Gasteiger partial charge is 0.369 e. The van der Waals surface area contributed by atoms with Crippen LogP contribution in [0.3, 0.4) is 0 Å². The maximum Gasteiger partial charge on any atom is 0.235 e. The van der Waals surface area contributed by atoms with Crippen LogP contribution in [0.4, 0.5) is 0 Å². The third kappa shape index (κ3) is 3.13. The van der Waals surface area contributed by atoms with Gasteiger partial charge in [-0.05, 0) is 30.5 Å². The predicted octanol–water partition coefficient (Wildman–Crippen LogP) is 2.91. The van der Waals surface area contributed by atoms with Gasteiger partial charge in [-0.25, -0.2) is 8.42 Å². The minimum Gasteiger partial charge on any atom is -0.369 e. The average molecular weight is 295 g/mol. The summed E-state index contributed by atoms with van der Waals surface area (Å²) in [6, 6.07) is 7.02. The summed E-state index contributed by atoms with van der Waals surface area (Å²) in [6.07, 6.45) is 1.48. The normalized spacial score (nSPS) is 25.1. The van der Waals surface area contributed by atoms with Crippen LogP contribution in [0, 0.1) is 0 Å². The average Bonchev–Trinajstić information content (AvgIpc) is 2.65. The van der Waals surface area contributed by atoms with E-state index in [1.807, 2.05) is 0 Å². The van der Waals surface area contributed by atoms with E-state index < -0.39 is 14.7 Å². The fourth-order valence-electron chi connectivity index (χ4n) is 2.15. The number of halogens is 2. The molecule has 0 radical (unpaired) electrons. The fraction of sp³-hybridized carbons (Fsp3) is 0.455. The first kappa shape index (κ1) is 13.1. The van der Waals surface area contributed by atoms with Crippen LogP contribution < -0.4 is 0 Å². The lowest BCUT2D eigenvalue weighted by Crippen LogP contribution is -2.32. The Balaban J connectivity index is 2.37. The molecule has 3 nitrogen and oxygen atoms in total. The minimum absolute atomic E-state index is 0.205. The van der Waals surface area contributed by atoms with Crippen LogP contribution in [0.1, 0.15) is 18.4 Å². The van der Waals surface area contributed by atoms with Gasteiger partial charge in [-0.3, -0.25) is 0 Å². The molecule has 0 amide bonds. The van der Waals surface area contributed by atoms with Gasteiger partial charge >= 0.3 is 0 Å². The van der Waals surface area contributed by atoms with Crippen LogP contribution >= 0.6 is 22.3 Å². The van der Waals surface area contributed by atoms with Gasteiger partial charge < -0.3 is 4.74 Å². The Morgan fingerprint density at radius 3 is 2.41 bits per heavy atom. The SMILES string of the molecule is O=S(=O)(Cl)CC1(c2ccc(Cl)cc2)CCCO1. The molecule has 17 heavy (non-hydrogen) atoms. The summed E-state index contributed by atoms with van der Waals surface area (Å²) in [7, 11) is 1.74. The second kappa shape index (κ2) is 4.76. The van der Waals surface area contributed by atoms with E-state index in [2.05, 4.69) is 0 Å². The summed E-state index contributed by atoms with van der Waals surface area (Å²) in [5.74, 6) is -0.205. The maximum atomic E-state index is 11.3. The van der Waals surface area contributed by atoms with Crippen LogP contribution in [0.5, 0.6) is 0 Å². The highest BCUT2D eigenvalue weighted by Crippen LogP contribution is 2.38. The predicted molar refractivity (Wildman–Crippen MR) is 68.0 cm³/mol. The van der Waals surface area contributed by atoms with E-state index in [1.54, 1.807) is 24.3 Å². The first-order valence-corrected chi connectivity index (χ1v) is 8.09. The lowest BCUT2D eigenvalue weighted by molar-refractivity contribution is 0.0201. The summed E-state index contributed by atoms with van der Waals surface area (Å²) in [6.45, 7) is 0.551. The zero-order valence-electron chi connectivity index (χ0n) is 9.03.